The summed E-state index contributed by atoms with van der Waals surface area (Å²) in [6.07, 6.45) is 5.69. The number of carboxylic acid groups (broad SMARTS) is 1. The van der Waals surface area contributed by atoms with Crippen molar-refractivity contribution in [2.75, 3.05) is 13.1 Å². The van der Waals surface area contributed by atoms with Gasteiger partial charge < -0.3 is 10.4 Å². The Labute approximate surface area is 122 Å². The second-order valence-electron chi connectivity index (χ2n) is 5.52. The molecule has 20 heavy (non-hydrogen) atoms. The molecule has 0 fully saturated rings. The molecule has 1 atom stereocenters. The molecule has 1 rings (SSSR count). The molecule has 0 aliphatic rings. The summed E-state index contributed by atoms with van der Waals surface area (Å²) in [6, 6.07) is 10.6. The first-order valence-electron chi connectivity index (χ1n) is 7.65. The number of hydrogen-bond acceptors (Lipinski definition) is 2. The van der Waals surface area contributed by atoms with Gasteiger partial charge in [0.2, 0.25) is 0 Å². The zero-order valence-corrected chi connectivity index (χ0v) is 12.5. The molecule has 0 saturated carbocycles. The minimum Gasteiger partial charge on any atom is -0.481 e. The Balaban J connectivity index is 1.91. The Morgan fingerprint density at radius 2 is 1.90 bits per heavy atom. The molecule has 0 radical (unpaired) electrons. The maximum Gasteiger partial charge on any atom is 0.303 e. The molecule has 0 aliphatic heterocycles. The Hall–Kier alpha value is -1.35. The van der Waals surface area contributed by atoms with Crippen molar-refractivity contribution < 1.29 is 9.90 Å². The van der Waals surface area contributed by atoms with E-state index in [1.165, 1.54) is 18.4 Å². The van der Waals surface area contributed by atoms with Crippen molar-refractivity contribution in [2.24, 2.45) is 5.92 Å². The molecular formula is C17H27NO2. The van der Waals surface area contributed by atoms with Crippen molar-refractivity contribution in [3.05, 3.63) is 35.9 Å². The number of aliphatic carboxylic acids is 1. The van der Waals surface area contributed by atoms with Crippen LogP contribution in [-0.2, 0) is 11.2 Å². The topological polar surface area (TPSA) is 49.3 Å². The Kier molecular flexibility index (Phi) is 8.72. The van der Waals surface area contributed by atoms with Crippen LogP contribution in [-0.4, -0.2) is 24.2 Å². The van der Waals surface area contributed by atoms with E-state index in [9.17, 15) is 4.79 Å². The first-order valence-corrected chi connectivity index (χ1v) is 7.65. The van der Waals surface area contributed by atoms with Gasteiger partial charge in [-0.2, -0.15) is 0 Å². The third-order valence-corrected chi connectivity index (χ3v) is 3.58. The predicted molar refractivity (Wildman–Crippen MR) is 82.9 cm³/mol. The van der Waals surface area contributed by atoms with E-state index in [1.807, 2.05) is 0 Å². The lowest BCUT2D eigenvalue weighted by molar-refractivity contribution is -0.137. The number of carboxylic acids is 1. The number of aryl methyl sites for hydroxylation is 1. The highest BCUT2D eigenvalue weighted by molar-refractivity contribution is 5.66. The molecule has 1 aromatic carbocycles. The second kappa shape index (κ2) is 10.4. The number of benzene rings is 1. The molecule has 0 bridgehead atoms. The summed E-state index contributed by atoms with van der Waals surface area (Å²) in [7, 11) is 0. The van der Waals surface area contributed by atoms with Gasteiger partial charge in [0.15, 0.2) is 0 Å². The summed E-state index contributed by atoms with van der Waals surface area (Å²) in [5.41, 5.74) is 1.41. The molecule has 0 aromatic heterocycles. The average molecular weight is 277 g/mol. The van der Waals surface area contributed by atoms with Gasteiger partial charge in [-0.05, 0) is 56.7 Å². The van der Waals surface area contributed by atoms with E-state index in [0.29, 0.717) is 5.92 Å². The summed E-state index contributed by atoms with van der Waals surface area (Å²) < 4.78 is 0. The maximum absolute atomic E-state index is 10.5. The van der Waals surface area contributed by atoms with Gasteiger partial charge in [-0.3, -0.25) is 4.79 Å². The van der Waals surface area contributed by atoms with Crippen LogP contribution in [0.4, 0.5) is 0 Å². The summed E-state index contributed by atoms with van der Waals surface area (Å²) >= 11 is 0. The molecule has 0 spiro atoms. The van der Waals surface area contributed by atoms with E-state index in [4.69, 9.17) is 5.11 Å². The smallest absolute Gasteiger partial charge is 0.303 e. The molecular weight excluding hydrogens is 250 g/mol. The van der Waals surface area contributed by atoms with Crippen LogP contribution in [0.3, 0.4) is 0 Å². The molecule has 1 aromatic rings. The van der Waals surface area contributed by atoms with Crippen LogP contribution >= 0.6 is 0 Å². The summed E-state index contributed by atoms with van der Waals surface area (Å²) in [4.78, 5) is 10.5. The first kappa shape index (κ1) is 16.7. The Morgan fingerprint density at radius 1 is 1.15 bits per heavy atom. The van der Waals surface area contributed by atoms with Gasteiger partial charge in [0.1, 0.15) is 0 Å². The SMILES string of the molecule is CC(CCNCCCCc1ccccc1)CCC(=O)O. The lowest BCUT2D eigenvalue weighted by atomic mass is 10.0. The molecule has 3 nitrogen and oxygen atoms in total. The zero-order chi connectivity index (χ0) is 14.6. The lowest BCUT2D eigenvalue weighted by Crippen LogP contribution is -2.19. The predicted octanol–water partition coefficient (Wildman–Crippen LogP) is 3.49. The van der Waals surface area contributed by atoms with Crippen molar-refractivity contribution >= 4 is 5.97 Å². The van der Waals surface area contributed by atoms with E-state index in [1.54, 1.807) is 0 Å². The normalized spacial score (nSPS) is 12.2. The number of unbranched alkanes of at least 4 members (excludes halogenated alkanes) is 1. The second-order valence-corrected chi connectivity index (χ2v) is 5.52. The quantitative estimate of drug-likeness (QED) is 0.609. The van der Waals surface area contributed by atoms with Gasteiger partial charge in [0, 0.05) is 6.42 Å². The summed E-state index contributed by atoms with van der Waals surface area (Å²) in [6.45, 7) is 4.17. The molecule has 112 valence electrons. The highest BCUT2D eigenvalue weighted by Gasteiger charge is 2.04. The Morgan fingerprint density at radius 3 is 2.60 bits per heavy atom. The fourth-order valence-corrected chi connectivity index (χ4v) is 2.21. The molecule has 3 heteroatoms. The standard InChI is InChI=1S/C17H27NO2/c1-15(10-11-17(19)20)12-14-18-13-6-5-9-16-7-3-2-4-8-16/h2-4,7-8,15,18H,5-6,9-14H2,1H3,(H,19,20). The van der Waals surface area contributed by atoms with Crippen molar-refractivity contribution in [3.63, 3.8) is 0 Å². The number of nitrogens with one attached hydrogen (secondary N) is 1. The van der Waals surface area contributed by atoms with Gasteiger partial charge in [-0.15, -0.1) is 0 Å². The van der Waals surface area contributed by atoms with Gasteiger partial charge in [0.25, 0.3) is 0 Å². The first-order chi connectivity index (χ1) is 9.68. The van der Waals surface area contributed by atoms with Gasteiger partial charge in [-0.1, -0.05) is 37.3 Å². The van der Waals surface area contributed by atoms with E-state index in [0.717, 1.165) is 32.4 Å². The van der Waals surface area contributed by atoms with Gasteiger partial charge in [-0.25, -0.2) is 0 Å². The minimum atomic E-state index is -0.689. The van der Waals surface area contributed by atoms with Crippen LogP contribution in [0.5, 0.6) is 0 Å². The van der Waals surface area contributed by atoms with Gasteiger partial charge in [0.05, 0.1) is 0 Å². The molecule has 0 amide bonds. The number of carbonyl (C=O) groups is 1. The minimum absolute atomic E-state index is 0.290. The highest BCUT2D eigenvalue weighted by Crippen LogP contribution is 2.09. The van der Waals surface area contributed by atoms with Crippen LogP contribution in [0.2, 0.25) is 0 Å². The lowest BCUT2D eigenvalue weighted by Gasteiger charge is -2.10. The largest absolute Gasteiger partial charge is 0.481 e. The zero-order valence-electron chi connectivity index (χ0n) is 12.5. The van der Waals surface area contributed by atoms with Crippen molar-refractivity contribution in [1.29, 1.82) is 0 Å². The van der Waals surface area contributed by atoms with E-state index < -0.39 is 5.97 Å². The van der Waals surface area contributed by atoms with E-state index in [-0.39, 0.29) is 6.42 Å². The Bertz CT molecular complexity index is 365. The van der Waals surface area contributed by atoms with Crippen LogP contribution < -0.4 is 5.32 Å². The summed E-state index contributed by atoms with van der Waals surface area (Å²) in [5, 5.41) is 12.1. The molecule has 0 heterocycles. The monoisotopic (exact) mass is 277 g/mol. The molecule has 0 aliphatic carbocycles. The maximum atomic E-state index is 10.5. The fourth-order valence-electron chi connectivity index (χ4n) is 2.21. The third-order valence-electron chi connectivity index (χ3n) is 3.58. The van der Waals surface area contributed by atoms with Gasteiger partial charge >= 0.3 is 5.97 Å². The van der Waals surface area contributed by atoms with Crippen molar-refractivity contribution in [3.8, 4) is 0 Å². The molecule has 1 unspecified atom stereocenters. The number of rotatable bonds is 11. The highest BCUT2D eigenvalue weighted by atomic mass is 16.4. The van der Waals surface area contributed by atoms with Crippen LogP contribution in [0, 0.1) is 5.92 Å². The van der Waals surface area contributed by atoms with Crippen LogP contribution in [0.15, 0.2) is 30.3 Å². The van der Waals surface area contributed by atoms with Crippen LogP contribution in [0.25, 0.3) is 0 Å². The number of hydrogen-bond donors (Lipinski definition) is 2. The van der Waals surface area contributed by atoms with E-state index in [2.05, 4.69) is 42.6 Å². The van der Waals surface area contributed by atoms with Crippen LogP contribution in [0.1, 0.15) is 44.6 Å². The summed E-state index contributed by atoms with van der Waals surface area (Å²) in [5.74, 6) is -0.200. The molecule has 2 N–H and O–H groups in total. The van der Waals surface area contributed by atoms with Crippen molar-refractivity contribution in [2.45, 2.75) is 45.4 Å². The molecule has 0 saturated heterocycles. The fraction of sp³-hybridized carbons (Fsp3) is 0.588. The average Bonchev–Trinajstić information content (AvgIpc) is 2.45. The van der Waals surface area contributed by atoms with E-state index >= 15 is 0 Å². The van der Waals surface area contributed by atoms with Crippen molar-refractivity contribution in [1.82, 2.24) is 5.32 Å². The third kappa shape index (κ3) is 8.70.